The molecule has 15 heavy (non-hydrogen) atoms. The van der Waals surface area contributed by atoms with Crippen molar-refractivity contribution in [1.82, 2.24) is 9.96 Å². The predicted molar refractivity (Wildman–Crippen MR) is 63.5 cm³/mol. The highest BCUT2D eigenvalue weighted by Gasteiger charge is 2.39. The summed E-state index contributed by atoms with van der Waals surface area (Å²) in [5, 5.41) is 0. The van der Waals surface area contributed by atoms with Gasteiger partial charge in [-0.2, -0.15) is 0 Å². The van der Waals surface area contributed by atoms with Gasteiger partial charge in [0.25, 0.3) is 0 Å². The summed E-state index contributed by atoms with van der Waals surface area (Å²) in [4.78, 5) is 6.94. The van der Waals surface area contributed by atoms with E-state index in [0.717, 1.165) is 13.0 Å². The Balaban J connectivity index is 2.45. The van der Waals surface area contributed by atoms with Gasteiger partial charge in [-0.3, -0.25) is 9.96 Å². The standard InChI is InChI=1S/C10H24N2O2Si/c1-4-9-11-15(13-2,14-3)12-10-7-5-6-8-10/h10-12H,4-9H2,1-3H3. The van der Waals surface area contributed by atoms with Crippen LogP contribution in [0.15, 0.2) is 0 Å². The first kappa shape index (κ1) is 13.1. The molecule has 0 aliphatic heterocycles. The Morgan fingerprint density at radius 2 is 1.80 bits per heavy atom. The lowest BCUT2D eigenvalue weighted by Crippen LogP contribution is -2.68. The van der Waals surface area contributed by atoms with Crippen LogP contribution in [0.4, 0.5) is 0 Å². The first-order chi connectivity index (χ1) is 7.26. The van der Waals surface area contributed by atoms with Crippen molar-refractivity contribution < 1.29 is 8.85 Å². The molecule has 1 aliphatic carbocycles. The Labute approximate surface area is 94.1 Å². The van der Waals surface area contributed by atoms with Crippen LogP contribution >= 0.6 is 0 Å². The molecule has 2 N–H and O–H groups in total. The first-order valence-electron chi connectivity index (χ1n) is 5.89. The summed E-state index contributed by atoms with van der Waals surface area (Å²) in [6.45, 7) is 3.08. The molecule has 1 rings (SSSR count). The lowest BCUT2D eigenvalue weighted by atomic mass is 10.3. The van der Waals surface area contributed by atoms with E-state index in [4.69, 9.17) is 8.85 Å². The zero-order chi connectivity index (χ0) is 11.1. The summed E-state index contributed by atoms with van der Waals surface area (Å²) < 4.78 is 11.1. The van der Waals surface area contributed by atoms with E-state index in [1.807, 2.05) is 0 Å². The molecular formula is C10H24N2O2Si. The van der Waals surface area contributed by atoms with E-state index < -0.39 is 8.88 Å². The van der Waals surface area contributed by atoms with Crippen molar-refractivity contribution in [3.05, 3.63) is 0 Å². The fourth-order valence-corrected chi connectivity index (χ4v) is 4.22. The van der Waals surface area contributed by atoms with Gasteiger partial charge >= 0.3 is 8.88 Å². The van der Waals surface area contributed by atoms with Gasteiger partial charge in [0.2, 0.25) is 0 Å². The quantitative estimate of drug-likeness (QED) is 0.648. The molecule has 0 atom stereocenters. The molecule has 1 saturated carbocycles. The normalized spacial score (nSPS) is 18.6. The summed E-state index contributed by atoms with van der Waals surface area (Å²) in [5.74, 6) is 0. The minimum Gasteiger partial charge on any atom is -0.374 e. The monoisotopic (exact) mass is 232 g/mol. The zero-order valence-electron chi connectivity index (χ0n) is 10.1. The van der Waals surface area contributed by atoms with Gasteiger partial charge in [0.05, 0.1) is 0 Å². The second-order valence-corrected chi connectivity index (χ2v) is 6.77. The molecular weight excluding hydrogens is 208 g/mol. The van der Waals surface area contributed by atoms with Gasteiger partial charge in [-0.25, -0.2) is 0 Å². The Morgan fingerprint density at radius 3 is 2.27 bits per heavy atom. The number of hydrogen-bond acceptors (Lipinski definition) is 4. The minimum atomic E-state index is -2.33. The van der Waals surface area contributed by atoms with E-state index in [1.165, 1.54) is 25.7 Å². The highest BCUT2D eigenvalue weighted by Crippen LogP contribution is 2.19. The second-order valence-electron chi connectivity index (χ2n) is 4.08. The molecule has 1 aliphatic rings. The predicted octanol–water partition coefficient (Wildman–Crippen LogP) is 1.25. The SMILES string of the molecule is CCCN[Si](NC1CCCC1)(OC)OC. The Bertz CT molecular complexity index is 171. The fourth-order valence-electron chi connectivity index (χ4n) is 2.02. The number of hydrogen-bond donors (Lipinski definition) is 2. The molecule has 0 aromatic heterocycles. The van der Waals surface area contributed by atoms with Crippen LogP contribution in [0, 0.1) is 0 Å². The van der Waals surface area contributed by atoms with Gasteiger partial charge in [0.15, 0.2) is 0 Å². The van der Waals surface area contributed by atoms with E-state index >= 15 is 0 Å². The van der Waals surface area contributed by atoms with Crippen LogP contribution in [0.1, 0.15) is 39.0 Å². The molecule has 0 aromatic carbocycles. The Hall–Kier alpha value is 0.0569. The summed E-state index contributed by atoms with van der Waals surface area (Å²) in [7, 11) is 1.12. The maximum Gasteiger partial charge on any atom is 0.516 e. The van der Waals surface area contributed by atoms with Crippen molar-refractivity contribution in [3.8, 4) is 0 Å². The van der Waals surface area contributed by atoms with Gasteiger partial charge in [0, 0.05) is 20.3 Å². The van der Waals surface area contributed by atoms with Gasteiger partial charge in [-0.1, -0.05) is 19.8 Å². The van der Waals surface area contributed by atoms with Gasteiger partial charge < -0.3 is 8.85 Å². The summed E-state index contributed by atoms with van der Waals surface area (Å²) in [6, 6.07) is 0.570. The molecule has 4 nitrogen and oxygen atoms in total. The van der Waals surface area contributed by atoms with Crippen LogP contribution < -0.4 is 9.96 Å². The minimum absolute atomic E-state index is 0.570. The van der Waals surface area contributed by atoms with Crippen molar-refractivity contribution in [2.45, 2.75) is 45.1 Å². The largest absolute Gasteiger partial charge is 0.516 e. The topological polar surface area (TPSA) is 42.5 Å². The zero-order valence-corrected chi connectivity index (χ0v) is 11.1. The number of nitrogens with one attached hydrogen (secondary N) is 2. The molecule has 0 bridgehead atoms. The molecule has 1 fully saturated rings. The van der Waals surface area contributed by atoms with Gasteiger partial charge in [-0.05, 0) is 25.8 Å². The molecule has 5 heteroatoms. The van der Waals surface area contributed by atoms with Crippen LogP contribution in [0.2, 0.25) is 0 Å². The van der Waals surface area contributed by atoms with Crippen LogP contribution in [0.3, 0.4) is 0 Å². The maximum absolute atomic E-state index is 5.55. The maximum atomic E-state index is 5.55. The van der Waals surface area contributed by atoms with Crippen molar-refractivity contribution in [2.75, 3.05) is 20.8 Å². The van der Waals surface area contributed by atoms with Gasteiger partial charge in [-0.15, -0.1) is 0 Å². The molecule has 0 aromatic rings. The molecule has 0 amide bonds. The number of rotatable bonds is 7. The van der Waals surface area contributed by atoms with Crippen LogP contribution in [-0.4, -0.2) is 35.7 Å². The van der Waals surface area contributed by atoms with E-state index in [0.29, 0.717) is 6.04 Å². The third-order valence-electron chi connectivity index (χ3n) is 2.93. The smallest absolute Gasteiger partial charge is 0.374 e. The van der Waals surface area contributed by atoms with Crippen LogP contribution in [0.25, 0.3) is 0 Å². The molecule has 90 valence electrons. The lowest BCUT2D eigenvalue weighted by molar-refractivity contribution is 0.206. The van der Waals surface area contributed by atoms with Crippen molar-refractivity contribution >= 4 is 8.88 Å². The molecule has 0 spiro atoms. The molecule has 0 unspecified atom stereocenters. The van der Waals surface area contributed by atoms with Crippen LogP contribution in [-0.2, 0) is 8.85 Å². The average Bonchev–Trinajstić information content (AvgIpc) is 2.77. The second kappa shape index (κ2) is 6.60. The van der Waals surface area contributed by atoms with E-state index in [2.05, 4.69) is 16.9 Å². The first-order valence-corrected chi connectivity index (χ1v) is 7.71. The van der Waals surface area contributed by atoms with E-state index in [-0.39, 0.29) is 0 Å². The fraction of sp³-hybridized carbons (Fsp3) is 1.00. The molecule has 0 saturated heterocycles. The highest BCUT2D eigenvalue weighted by molar-refractivity contribution is 6.62. The summed E-state index contributed by atoms with van der Waals surface area (Å²) in [5.41, 5.74) is 0. The Kier molecular flexibility index (Phi) is 5.77. The molecule has 0 radical (unpaired) electrons. The van der Waals surface area contributed by atoms with E-state index in [9.17, 15) is 0 Å². The third-order valence-corrected chi connectivity index (χ3v) is 5.59. The molecule has 0 heterocycles. The third kappa shape index (κ3) is 3.84. The Morgan fingerprint density at radius 1 is 1.20 bits per heavy atom. The average molecular weight is 232 g/mol. The van der Waals surface area contributed by atoms with Gasteiger partial charge in [0.1, 0.15) is 0 Å². The van der Waals surface area contributed by atoms with Crippen molar-refractivity contribution in [3.63, 3.8) is 0 Å². The van der Waals surface area contributed by atoms with E-state index in [1.54, 1.807) is 14.2 Å². The van der Waals surface area contributed by atoms with Crippen molar-refractivity contribution in [2.24, 2.45) is 0 Å². The van der Waals surface area contributed by atoms with Crippen LogP contribution in [0.5, 0.6) is 0 Å². The summed E-state index contributed by atoms with van der Waals surface area (Å²) in [6.07, 6.45) is 6.23. The summed E-state index contributed by atoms with van der Waals surface area (Å²) >= 11 is 0. The highest BCUT2D eigenvalue weighted by atomic mass is 28.4. The lowest BCUT2D eigenvalue weighted by Gasteiger charge is -2.30. The van der Waals surface area contributed by atoms with Crippen molar-refractivity contribution in [1.29, 1.82) is 0 Å².